The van der Waals surface area contributed by atoms with Crippen molar-refractivity contribution < 1.29 is 18.4 Å². The highest BCUT2D eigenvalue weighted by Gasteiger charge is 2.31. The van der Waals surface area contributed by atoms with Crippen LogP contribution >= 0.6 is 11.6 Å². The molecular formula is C23H19ClF2N4O2. The number of nitrogens with zero attached hydrogens (tertiary/aromatic N) is 1. The zero-order valence-electron chi connectivity index (χ0n) is 16.8. The molecule has 6 nitrogen and oxygen atoms in total. The van der Waals surface area contributed by atoms with E-state index < -0.39 is 29.6 Å². The maximum Gasteiger partial charge on any atom is 0.315 e. The first-order valence-corrected chi connectivity index (χ1v) is 10.3. The fourth-order valence-corrected chi connectivity index (χ4v) is 3.91. The third-order valence-corrected chi connectivity index (χ3v) is 5.51. The molecule has 9 heteroatoms. The van der Waals surface area contributed by atoms with Crippen LogP contribution < -0.4 is 16.0 Å². The Balaban J connectivity index is 1.47. The lowest BCUT2D eigenvalue weighted by Gasteiger charge is -2.16. The maximum absolute atomic E-state index is 14.6. The van der Waals surface area contributed by atoms with Crippen LogP contribution in [0, 0.1) is 11.6 Å². The molecule has 1 heterocycles. The summed E-state index contributed by atoms with van der Waals surface area (Å²) in [5.74, 6) is -1.55. The van der Waals surface area contributed by atoms with Crippen molar-refractivity contribution in [3.63, 3.8) is 0 Å². The van der Waals surface area contributed by atoms with E-state index in [0.717, 1.165) is 6.07 Å². The molecule has 0 saturated heterocycles. The second-order valence-electron chi connectivity index (χ2n) is 7.31. The number of rotatable bonds is 5. The van der Waals surface area contributed by atoms with Gasteiger partial charge in [-0.25, -0.2) is 13.6 Å². The fourth-order valence-electron chi connectivity index (χ4n) is 3.73. The standard InChI is InChI=1S/C23H19ClF2N4O2/c24-17-11-13(4-7-18(17)25)29-22(31)16-5-8-19(26)21-15(16)6-9-20(21)30-23(32)28-12-14-3-1-2-10-27-14/h1-5,7-8,10-11,20H,6,9,12H2,(H,29,31)(H2,28,30,32)/t20-/m0/s1. The normalized spacial score (nSPS) is 14.5. The number of fused-ring (bicyclic) bond motifs is 1. The fraction of sp³-hybridized carbons (Fsp3) is 0.174. The zero-order chi connectivity index (χ0) is 22.7. The van der Waals surface area contributed by atoms with Gasteiger partial charge in [0.2, 0.25) is 0 Å². The Labute approximate surface area is 188 Å². The van der Waals surface area contributed by atoms with E-state index in [1.165, 1.54) is 24.3 Å². The Morgan fingerprint density at radius 2 is 1.91 bits per heavy atom. The number of nitrogens with one attached hydrogen (secondary N) is 3. The first kappa shape index (κ1) is 21.7. The van der Waals surface area contributed by atoms with Crippen LogP contribution in [-0.2, 0) is 13.0 Å². The van der Waals surface area contributed by atoms with Crippen LogP contribution in [0.2, 0.25) is 5.02 Å². The Morgan fingerprint density at radius 1 is 1.09 bits per heavy atom. The third-order valence-electron chi connectivity index (χ3n) is 5.22. The number of carbonyl (C=O) groups is 2. The smallest absolute Gasteiger partial charge is 0.315 e. The van der Waals surface area contributed by atoms with Gasteiger partial charge in [0.25, 0.3) is 5.91 Å². The summed E-state index contributed by atoms with van der Waals surface area (Å²) in [6, 6.07) is 10.8. The van der Waals surface area contributed by atoms with Crippen molar-refractivity contribution in [3.05, 3.63) is 93.8 Å². The van der Waals surface area contributed by atoms with Gasteiger partial charge in [-0.3, -0.25) is 9.78 Å². The average molecular weight is 457 g/mol. The van der Waals surface area contributed by atoms with Crippen molar-refractivity contribution >= 4 is 29.2 Å². The minimum atomic E-state index is -0.595. The van der Waals surface area contributed by atoms with Crippen LogP contribution in [-0.4, -0.2) is 16.9 Å². The second-order valence-corrected chi connectivity index (χ2v) is 7.72. The molecule has 1 aliphatic carbocycles. The summed E-state index contributed by atoms with van der Waals surface area (Å²) in [5.41, 5.74) is 2.13. The lowest BCUT2D eigenvalue weighted by Crippen LogP contribution is -2.37. The molecule has 3 aromatic rings. The molecule has 3 amide bonds. The predicted molar refractivity (Wildman–Crippen MR) is 116 cm³/mol. The van der Waals surface area contributed by atoms with E-state index in [4.69, 9.17) is 11.6 Å². The van der Waals surface area contributed by atoms with Gasteiger partial charge in [-0.1, -0.05) is 17.7 Å². The molecule has 0 bridgehead atoms. The van der Waals surface area contributed by atoms with E-state index in [0.29, 0.717) is 40.9 Å². The Bertz CT molecular complexity index is 1170. The van der Waals surface area contributed by atoms with Gasteiger partial charge in [-0.15, -0.1) is 0 Å². The first-order chi connectivity index (χ1) is 15.4. The number of urea groups is 1. The summed E-state index contributed by atoms with van der Waals surface area (Å²) in [7, 11) is 0. The zero-order valence-corrected chi connectivity index (χ0v) is 17.5. The number of hydrogen-bond acceptors (Lipinski definition) is 3. The van der Waals surface area contributed by atoms with E-state index in [1.807, 2.05) is 6.07 Å². The second kappa shape index (κ2) is 9.32. The van der Waals surface area contributed by atoms with Gasteiger partial charge in [0.15, 0.2) is 0 Å². The number of pyridine rings is 1. The van der Waals surface area contributed by atoms with Gasteiger partial charge in [0.1, 0.15) is 11.6 Å². The number of benzene rings is 2. The third kappa shape index (κ3) is 4.70. The number of amides is 3. The summed E-state index contributed by atoms with van der Waals surface area (Å²) < 4.78 is 28.0. The molecule has 2 aromatic carbocycles. The molecule has 0 fully saturated rings. The molecule has 1 atom stereocenters. The van der Waals surface area contributed by atoms with E-state index in [2.05, 4.69) is 20.9 Å². The van der Waals surface area contributed by atoms with Gasteiger partial charge in [0.05, 0.1) is 23.3 Å². The lowest BCUT2D eigenvalue weighted by molar-refractivity contribution is 0.102. The summed E-state index contributed by atoms with van der Waals surface area (Å²) >= 11 is 5.76. The molecule has 0 saturated carbocycles. The van der Waals surface area contributed by atoms with E-state index >= 15 is 0 Å². The van der Waals surface area contributed by atoms with Crippen LogP contribution in [0.25, 0.3) is 0 Å². The number of anilines is 1. The molecule has 0 unspecified atom stereocenters. The molecule has 1 aromatic heterocycles. The van der Waals surface area contributed by atoms with Crippen molar-refractivity contribution in [2.75, 3.05) is 5.32 Å². The first-order valence-electron chi connectivity index (χ1n) is 9.94. The van der Waals surface area contributed by atoms with E-state index in [1.54, 1.807) is 18.3 Å². The number of carbonyl (C=O) groups excluding carboxylic acids is 2. The van der Waals surface area contributed by atoms with Crippen LogP contribution in [0.4, 0.5) is 19.3 Å². The van der Waals surface area contributed by atoms with Crippen LogP contribution in [0.3, 0.4) is 0 Å². The number of hydrogen-bond donors (Lipinski definition) is 3. The quantitative estimate of drug-likeness (QED) is 0.518. The van der Waals surface area contributed by atoms with Gasteiger partial charge >= 0.3 is 6.03 Å². The molecule has 32 heavy (non-hydrogen) atoms. The average Bonchev–Trinajstić information content (AvgIpc) is 3.20. The SMILES string of the molecule is O=C(NCc1ccccn1)N[C@H]1CCc2c(C(=O)Nc3ccc(F)c(Cl)c3)ccc(F)c21. The molecule has 0 spiro atoms. The van der Waals surface area contributed by atoms with Gasteiger partial charge in [-0.2, -0.15) is 0 Å². The van der Waals surface area contributed by atoms with Gasteiger partial charge < -0.3 is 16.0 Å². The minimum Gasteiger partial charge on any atom is -0.332 e. The molecular weight excluding hydrogens is 438 g/mol. The summed E-state index contributed by atoms with van der Waals surface area (Å²) in [4.78, 5) is 29.2. The largest absolute Gasteiger partial charge is 0.332 e. The molecule has 164 valence electrons. The topological polar surface area (TPSA) is 83.1 Å². The van der Waals surface area contributed by atoms with E-state index in [9.17, 15) is 18.4 Å². The Hall–Kier alpha value is -3.52. The van der Waals surface area contributed by atoms with Crippen molar-refractivity contribution in [1.82, 2.24) is 15.6 Å². The van der Waals surface area contributed by atoms with Crippen molar-refractivity contribution in [2.45, 2.75) is 25.4 Å². The van der Waals surface area contributed by atoms with E-state index in [-0.39, 0.29) is 11.6 Å². The van der Waals surface area contributed by atoms with Gasteiger partial charge in [-0.05, 0) is 60.9 Å². The highest BCUT2D eigenvalue weighted by Crippen LogP contribution is 2.36. The Kier molecular flexibility index (Phi) is 6.32. The van der Waals surface area contributed by atoms with Gasteiger partial charge in [0, 0.05) is 23.0 Å². The van der Waals surface area contributed by atoms with Crippen LogP contribution in [0.1, 0.15) is 39.6 Å². The Morgan fingerprint density at radius 3 is 2.66 bits per heavy atom. The number of halogens is 3. The predicted octanol–water partition coefficient (Wildman–Crippen LogP) is 4.75. The maximum atomic E-state index is 14.6. The highest BCUT2D eigenvalue weighted by molar-refractivity contribution is 6.31. The van der Waals surface area contributed by atoms with Crippen molar-refractivity contribution in [3.8, 4) is 0 Å². The molecule has 1 aliphatic rings. The summed E-state index contributed by atoms with van der Waals surface area (Å²) in [5, 5.41) is 8.00. The van der Waals surface area contributed by atoms with Crippen molar-refractivity contribution in [2.24, 2.45) is 0 Å². The van der Waals surface area contributed by atoms with Crippen LogP contribution in [0.15, 0.2) is 54.7 Å². The highest BCUT2D eigenvalue weighted by atomic mass is 35.5. The summed E-state index contributed by atoms with van der Waals surface area (Å²) in [6.07, 6.45) is 2.51. The molecule has 3 N–H and O–H groups in total. The minimum absolute atomic E-state index is 0.117. The molecule has 0 aliphatic heterocycles. The van der Waals surface area contributed by atoms with Crippen molar-refractivity contribution in [1.29, 1.82) is 0 Å². The lowest BCUT2D eigenvalue weighted by atomic mass is 10.0. The monoisotopic (exact) mass is 456 g/mol. The van der Waals surface area contributed by atoms with Crippen LogP contribution in [0.5, 0.6) is 0 Å². The number of aromatic nitrogens is 1. The molecule has 0 radical (unpaired) electrons. The summed E-state index contributed by atoms with van der Waals surface area (Å²) in [6.45, 7) is 0.234. The molecule has 4 rings (SSSR count).